The molecule has 0 heterocycles. The zero-order chi connectivity index (χ0) is 13.5. The SMILES string of the molecule is CCCOc1ccc(NC(=O)C(N)C(C)C)cc1.Cl. The summed E-state index contributed by atoms with van der Waals surface area (Å²) in [5, 5.41) is 2.79. The van der Waals surface area contributed by atoms with Crippen LogP contribution in [0.1, 0.15) is 27.2 Å². The lowest BCUT2D eigenvalue weighted by Gasteiger charge is -2.15. The number of anilines is 1. The number of ether oxygens (including phenoxy) is 1. The maximum atomic E-state index is 11.7. The van der Waals surface area contributed by atoms with Crippen LogP contribution >= 0.6 is 12.4 Å². The van der Waals surface area contributed by atoms with Crippen LogP contribution in [0, 0.1) is 5.92 Å². The summed E-state index contributed by atoms with van der Waals surface area (Å²) in [5.74, 6) is 0.771. The molecule has 1 rings (SSSR count). The Morgan fingerprint density at radius 1 is 1.32 bits per heavy atom. The van der Waals surface area contributed by atoms with Gasteiger partial charge in [-0.05, 0) is 36.6 Å². The number of carbonyl (C=O) groups excluding carboxylic acids is 1. The molecule has 1 amide bonds. The van der Waals surface area contributed by atoms with Crippen molar-refractivity contribution in [1.29, 1.82) is 0 Å². The zero-order valence-electron chi connectivity index (χ0n) is 11.7. The van der Waals surface area contributed by atoms with E-state index in [1.807, 2.05) is 38.1 Å². The topological polar surface area (TPSA) is 64.3 Å². The second-order valence-electron chi connectivity index (χ2n) is 4.63. The monoisotopic (exact) mass is 286 g/mol. The highest BCUT2D eigenvalue weighted by Gasteiger charge is 2.16. The minimum atomic E-state index is -0.485. The molecule has 0 radical (unpaired) electrons. The third kappa shape index (κ3) is 5.94. The van der Waals surface area contributed by atoms with Crippen molar-refractivity contribution < 1.29 is 9.53 Å². The molecular formula is C14H23ClN2O2. The molecule has 0 aliphatic rings. The Bertz CT molecular complexity index is 380. The molecule has 0 saturated heterocycles. The van der Waals surface area contributed by atoms with Gasteiger partial charge in [-0.3, -0.25) is 4.79 Å². The number of nitrogens with one attached hydrogen (secondary N) is 1. The number of amides is 1. The van der Waals surface area contributed by atoms with Gasteiger partial charge >= 0.3 is 0 Å². The molecule has 3 N–H and O–H groups in total. The first kappa shape index (κ1) is 17.7. The summed E-state index contributed by atoms with van der Waals surface area (Å²) in [5.41, 5.74) is 6.50. The van der Waals surface area contributed by atoms with Crippen LogP contribution < -0.4 is 15.8 Å². The predicted octanol–water partition coefficient (Wildman–Crippen LogP) is 2.82. The molecule has 19 heavy (non-hydrogen) atoms. The van der Waals surface area contributed by atoms with Crippen LogP contribution in [0.3, 0.4) is 0 Å². The minimum Gasteiger partial charge on any atom is -0.494 e. The van der Waals surface area contributed by atoms with Gasteiger partial charge in [0.15, 0.2) is 0 Å². The van der Waals surface area contributed by atoms with E-state index < -0.39 is 6.04 Å². The molecule has 0 saturated carbocycles. The van der Waals surface area contributed by atoms with Gasteiger partial charge in [0, 0.05) is 5.69 Å². The van der Waals surface area contributed by atoms with Crippen molar-refractivity contribution >= 4 is 24.0 Å². The van der Waals surface area contributed by atoms with Gasteiger partial charge in [-0.2, -0.15) is 0 Å². The van der Waals surface area contributed by atoms with Crippen LogP contribution in [0.2, 0.25) is 0 Å². The number of benzene rings is 1. The fourth-order valence-corrected chi connectivity index (χ4v) is 1.38. The average Bonchev–Trinajstić information content (AvgIpc) is 2.36. The van der Waals surface area contributed by atoms with Crippen molar-refractivity contribution in [3.05, 3.63) is 24.3 Å². The fraction of sp³-hybridized carbons (Fsp3) is 0.500. The highest BCUT2D eigenvalue weighted by molar-refractivity contribution is 5.94. The van der Waals surface area contributed by atoms with Gasteiger partial charge in [-0.1, -0.05) is 20.8 Å². The molecule has 4 nitrogen and oxygen atoms in total. The molecule has 0 aliphatic heterocycles. The first-order valence-corrected chi connectivity index (χ1v) is 6.34. The van der Waals surface area contributed by atoms with Gasteiger partial charge in [0.2, 0.25) is 5.91 Å². The van der Waals surface area contributed by atoms with E-state index >= 15 is 0 Å². The largest absolute Gasteiger partial charge is 0.494 e. The number of hydrogen-bond donors (Lipinski definition) is 2. The number of rotatable bonds is 6. The Morgan fingerprint density at radius 2 is 1.89 bits per heavy atom. The Balaban J connectivity index is 0.00000324. The first-order valence-electron chi connectivity index (χ1n) is 6.34. The van der Waals surface area contributed by atoms with Gasteiger partial charge < -0.3 is 15.8 Å². The predicted molar refractivity (Wildman–Crippen MR) is 80.9 cm³/mol. The molecular weight excluding hydrogens is 264 g/mol. The van der Waals surface area contributed by atoms with Crippen molar-refractivity contribution in [3.63, 3.8) is 0 Å². The van der Waals surface area contributed by atoms with E-state index in [-0.39, 0.29) is 24.2 Å². The lowest BCUT2D eigenvalue weighted by atomic mass is 10.1. The molecule has 108 valence electrons. The van der Waals surface area contributed by atoms with Gasteiger partial charge in [0.05, 0.1) is 12.6 Å². The van der Waals surface area contributed by atoms with E-state index in [4.69, 9.17) is 10.5 Å². The lowest BCUT2D eigenvalue weighted by Crippen LogP contribution is -2.39. The average molecular weight is 287 g/mol. The van der Waals surface area contributed by atoms with E-state index in [0.29, 0.717) is 6.61 Å². The number of hydrogen-bond acceptors (Lipinski definition) is 3. The Labute approximate surface area is 121 Å². The molecule has 0 fully saturated rings. The van der Waals surface area contributed by atoms with Crippen LogP contribution in [-0.2, 0) is 4.79 Å². The van der Waals surface area contributed by atoms with Gasteiger partial charge in [-0.15, -0.1) is 12.4 Å². The van der Waals surface area contributed by atoms with Gasteiger partial charge in [0.25, 0.3) is 0 Å². The maximum Gasteiger partial charge on any atom is 0.241 e. The van der Waals surface area contributed by atoms with E-state index in [1.165, 1.54) is 0 Å². The normalized spacial score (nSPS) is 11.6. The van der Waals surface area contributed by atoms with E-state index in [2.05, 4.69) is 12.2 Å². The number of nitrogens with two attached hydrogens (primary N) is 1. The molecule has 5 heteroatoms. The summed E-state index contributed by atoms with van der Waals surface area (Å²) in [6, 6.07) is 6.82. The van der Waals surface area contributed by atoms with E-state index in [9.17, 15) is 4.79 Å². The summed E-state index contributed by atoms with van der Waals surface area (Å²) in [4.78, 5) is 11.7. The van der Waals surface area contributed by atoms with E-state index in [0.717, 1.165) is 17.9 Å². The Kier molecular flexibility index (Phi) is 8.19. The third-order valence-electron chi connectivity index (χ3n) is 2.62. The molecule has 1 atom stereocenters. The molecule has 1 aromatic carbocycles. The third-order valence-corrected chi connectivity index (χ3v) is 2.62. The van der Waals surface area contributed by atoms with Gasteiger partial charge in [0.1, 0.15) is 5.75 Å². The van der Waals surface area contributed by atoms with E-state index in [1.54, 1.807) is 0 Å². The van der Waals surface area contributed by atoms with Crippen LogP contribution in [-0.4, -0.2) is 18.6 Å². The standard InChI is InChI=1S/C14H22N2O2.ClH/c1-4-9-18-12-7-5-11(6-8-12)16-14(17)13(15)10(2)3;/h5-8,10,13H,4,9,15H2,1-3H3,(H,16,17);1H. The van der Waals surface area contributed by atoms with Crippen LogP contribution in [0.5, 0.6) is 5.75 Å². The van der Waals surface area contributed by atoms with Crippen LogP contribution in [0.15, 0.2) is 24.3 Å². The summed E-state index contributed by atoms with van der Waals surface area (Å²) in [7, 11) is 0. The number of carbonyl (C=O) groups is 1. The molecule has 0 spiro atoms. The highest BCUT2D eigenvalue weighted by atomic mass is 35.5. The Morgan fingerprint density at radius 3 is 2.37 bits per heavy atom. The zero-order valence-corrected chi connectivity index (χ0v) is 12.5. The smallest absolute Gasteiger partial charge is 0.241 e. The van der Waals surface area contributed by atoms with Crippen molar-refractivity contribution in [2.45, 2.75) is 33.2 Å². The molecule has 1 aromatic rings. The van der Waals surface area contributed by atoms with Crippen molar-refractivity contribution in [3.8, 4) is 5.75 Å². The van der Waals surface area contributed by atoms with Crippen LogP contribution in [0.25, 0.3) is 0 Å². The summed E-state index contributed by atoms with van der Waals surface area (Å²) >= 11 is 0. The quantitative estimate of drug-likeness (QED) is 0.845. The molecule has 0 bridgehead atoms. The van der Waals surface area contributed by atoms with Crippen molar-refractivity contribution in [2.75, 3.05) is 11.9 Å². The summed E-state index contributed by atoms with van der Waals surface area (Å²) in [6.45, 7) is 6.60. The second-order valence-corrected chi connectivity index (χ2v) is 4.63. The van der Waals surface area contributed by atoms with Gasteiger partial charge in [-0.25, -0.2) is 0 Å². The second kappa shape index (κ2) is 8.77. The summed E-state index contributed by atoms with van der Waals surface area (Å²) < 4.78 is 5.46. The highest BCUT2D eigenvalue weighted by Crippen LogP contribution is 2.16. The first-order chi connectivity index (χ1) is 8.54. The Hall–Kier alpha value is -1.26. The number of halogens is 1. The summed E-state index contributed by atoms with van der Waals surface area (Å²) in [6.07, 6.45) is 0.974. The molecule has 1 unspecified atom stereocenters. The lowest BCUT2D eigenvalue weighted by molar-refractivity contribution is -0.118. The van der Waals surface area contributed by atoms with Crippen molar-refractivity contribution in [2.24, 2.45) is 11.7 Å². The minimum absolute atomic E-state index is 0. The molecule has 0 aliphatic carbocycles. The molecule has 0 aromatic heterocycles. The van der Waals surface area contributed by atoms with Crippen LogP contribution in [0.4, 0.5) is 5.69 Å². The fourth-order valence-electron chi connectivity index (χ4n) is 1.38. The maximum absolute atomic E-state index is 11.7. The van der Waals surface area contributed by atoms with Crippen molar-refractivity contribution in [1.82, 2.24) is 0 Å².